The molecule has 162 valence electrons. The summed E-state index contributed by atoms with van der Waals surface area (Å²) in [6, 6.07) is 13.3. The van der Waals surface area contributed by atoms with Crippen LogP contribution in [0.3, 0.4) is 0 Å². The molecule has 0 saturated carbocycles. The van der Waals surface area contributed by atoms with Crippen LogP contribution in [0, 0.1) is 0 Å². The number of fused-ring (bicyclic) bond motifs is 1. The molecule has 31 heavy (non-hydrogen) atoms. The third-order valence-corrected chi connectivity index (χ3v) is 5.97. The average Bonchev–Trinajstić information content (AvgIpc) is 3.00. The molecule has 3 aromatic rings. The first-order valence-corrected chi connectivity index (χ1v) is 11.2. The zero-order valence-corrected chi connectivity index (χ0v) is 18.0. The van der Waals surface area contributed by atoms with Gasteiger partial charge in [-0.3, -0.25) is 4.72 Å². The smallest absolute Gasteiger partial charge is 0.262 e. The molecular weight excluding hydrogens is 418 g/mol. The molecule has 0 amide bonds. The molecule has 2 heterocycles. The number of ether oxygens (including phenoxy) is 2. The van der Waals surface area contributed by atoms with Crippen LogP contribution >= 0.6 is 0 Å². The van der Waals surface area contributed by atoms with Gasteiger partial charge in [-0.2, -0.15) is 5.10 Å². The maximum atomic E-state index is 12.8. The first kappa shape index (κ1) is 20.7. The normalized spacial score (nSPS) is 13.2. The maximum Gasteiger partial charge on any atom is 0.262 e. The Morgan fingerprint density at radius 1 is 0.935 bits per heavy atom. The Bertz CT molecular complexity index is 1170. The molecule has 0 atom stereocenters. The first-order valence-electron chi connectivity index (χ1n) is 9.70. The van der Waals surface area contributed by atoms with E-state index in [0.29, 0.717) is 36.2 Å². The molecule has 10 heteroatoms. The maximum absolute atomic E-state index is 12.8. The molecule has 0 bridgehead atoms. The molecule has 0 unspecified atom stereocenters. The first-order chi connectivity index (χ1) is 14.9. The van der Waals surface area contributed by atoms with E-state index >= 15 is 0 Å². The number of aromatic nitrogens is 2. The van der Waals surface area contributed by atoms with Crippen molar-refractivity contribution in [3.05, 3.63) is 54.7 Å². The Morgan fingerprint density at radius 3 is 2.39 bits per heavy atom. The van der Waals surface area contributed by atoms with Crippen molar-refractivity contribution >= 4 is 32.9 Å². The zero-order valence-electron chi connectivity index (χ0n) is 17.2. The quantitative estimate of drug-likeness (QED) is 0.601. The fourth-order valence-electron chi connectivity index (χ4n) is 2.96. The second kappa shape index (κ2) is 8.68. The third kappa shape index (κ3) is 4.97. The lowest BCUT2D eigenvalue weighted by Gasteiger charge is -2.13. The minimum Gasteiger partial charge on any atom is -0.490 e. The molecule has 0 fully saturated rings. The highest BCUT2D eigenvalue weighted by Crippen LogP contribution is 2.32. The Morgan fingerprint density at radius 2 is 1.65 bits per heavy atom. The molecule has 0 radical (unpaired) electrons. The van der Waals surface area contributed by atoms with Gasteiger partial charge in [-0.15, -0.1) is 5.10 Å². The van der Waals surface area contributed by atoms with Crippen molar-refractivity contribution in [1.82, 2.24) is 10.2 Å². The molecule has 1 aliphatic rings. The van der Waals surface area contributed by atoms with Crippen molar-refractivity contribution in [3.63, 3.8) is 0 Å². The summed E-state index contributed by atoms with van der Waals surface area (Å²) in [6.07, 6.45) is 2.42. The summed E-state index contributed by atoms with van der Waals surface area (Å²) in [5.74, 6) is 1.57. The number of nitrogens with zero attached hydrogens (tertiary/aromatic N) is 3. The topological polar surface area (TPSA) is 106 Å². The van der Waals surface area contributed by atoms with E-state index in [-0.39, 0.29) is 4.90 Å². The van der Waals surface area contributed by atoms with E-state index in [1.807, 2.05) is 25.1 Å². The zero-order chi connectivity index (χ0) is 21.8. The SMILES string of the molecule is CN(C)c1cnnc(Nc2ccc(NS(=O)(=O)c3ccc4c(c3)OCCCO4)cc2)c1. The van der Waals surface area contributed by atoms with Gasteiger partial charge in [-0.05, 0) is 36.4 Å². The summed E-state index contributed by atoms with van der Waals surface area (Å²) in [4.78, 5) is 2.03. The monoisotopic (exact) mass is 441 g/mol. The van der Waals surface area contributed by atoms with Gasteiger partial charge < -0.3 is 19.7 Å². The van der Waals surface area contributed by atoms with E-state index in [2.05, 4.69) is 20.2 Å². The summed E-state index contributed by atoms with van der Waals surface area (Å²) in [5, 5.41) is 11.2. The number of sulfonamides is 1. The van der Waals surface area contributed by atoms with Crippen LogP contribution in [-0.4, -0.2) is 45.9 Å². The number of benzene rings is 2. The van der Waals surface area contributed by atoms with Crippen LogP contribution in [0.15, 0.2) is 59.6 Å². The number of rotatable bonds is 6. The van der Waals surface area contributed by atoms with Crippen molar-refractivity contribution in [2.75, 3.05) is 42.2 Å². The van der Waals surface area contributed by atoms with Gasteiger partial charge in [-0.1, -0.05) is 0 Å². The lowest BCUT2D eigenvalue weighted by molar-refractivity contribution is 0.297. The van der Waals surface area contributed by atoms with Crippen LogP contribution in [0.1, 0.15) is 6.42 Å². The van der Waals surface area contributed by atoms with Crippen LogP contribution in [-0.2, 0) is 10.0 Å². The molecule has 1 aliphatic heterocycles. The van der Waals surface area contributed by atoms with Crippen molar-refractivity contribution in [2.24, 2.45) is 0 Å². The van der Waals surface area contributed by atoms with E-state index < -0.39 is 10.0 Å². The predicted octanol–water partition coefficient (Wildman–Crippen LogP) is 3.25. The molecule has 2 N–H and O–H groups in total. The second-order valence-corrected chi connectivity index (χ2v) is 8.84. The Kier molecular flexibility index (Phi) is 5.81. The van der Waals surface area contributed by atoms with Crippen LogP contribution < -0.4 is 24.4 Å². The minimum atomic E-state index is -3.78. The summed E-state index contributed by atoms with van der Waals surface area (Å²) < 4.78 is 39.3. The van der Waals surface area contributed by atoms with Gasteiger partial charge in [0.1, 0.15) is 0 Å². The summed E-state index contributed by atoms with van der Waals surface area (Å²) in [7, 11) is 0.0637. The van der Waals surface area contributed by atoms with E-state index in [1.165, 1.54) is 12.1 Å². The number of hydrogen-bond acceptors (Lipinski definition) is 8. The van der Waals surface area contributed by atoms with Crippen molar-refractivity contribution in [3.8, 4) is 11.5 Å². The fourth-order valence-corrected chi connectivity index (χ4v) is 4.03. The van der Waals surface area contributed by atoms with Gasteiger partial charge in [0.25, 0.3) is 10.0 Å². The van der Waals surface area contributed by atoms with Gasteiger partial charge in [0, 0.05) is 44.0 Å². The van der Waals surface area contributed by atoms with Crippen LogP contribution in [0.4, 0.5) is 22.9 Å². The Labute approximate surface area is 181 Å². The molecule has 0 spiro atoms. The van der Waals surface area contributed by atoms with E-state index in [4.69, 9.17) is 9.47 Å². The fraction of sp³-hybridized carbons (Fsp3) is 0.238. The Balaban J connectivity index is 1.47. The van der Waals surface area contributed by atoms with E-state index in [0.717, 1.165) is 17.8 Å². The van der Waals surface area contributed by atoms with Crippen LogP contribution in [0.5, 0.6) is 11.5 Å². The van der Waals surface area contributed by atoms with E-state index in [1.54, 1.807) is 36.5 Å². The molecule has 4 rings (SSSR count). The minimum absolute atomic E-state index is 0.106. The lowest BCUT2D eigenvalue weighted by atomic mass is 10.3. The molecular formula is C21H23N5O4S. The highest BCUT2D eigenvalue weighted by Gasteiger charge is 2.19. The standard InChI is InChI=1S/C21H23N5O4S/c1-26(2)17-12-21(24-22-14-17)23-15-4-6-16(7-5-15)25-31(27,28)18-8-9-19-20(13-18)30-11-3-10-29-19/h4-9,12-14,25H,3,10-11H2,1-2H3,(H,23,24). The summed E-state index contributed by atoms with van der Waals surface area (Å²) in [6.45, 7) is 1.03. The Hall–Kier alpha value is -3.53. The summed E-state index contributed by atoms with van der Waals surface area (Å²) >= 11 is 0. The van der Waals surface area contributed by atoms with Crippen molar-refractivity contribution < 1.29 is 17.9 Å². The molecule has 0 saturated heterocycles. The van der Waals surface area contributed by atoms with E-state index in [9.17, 15) is 8.42 Å². The highest BCUT2D eigenvalue weighted by atomic mass is 32.2. The highest BCUT2D eigenvalue weighted by molar-refractivity contribution is 7.92. The van der Waals surface area contributed by atoms with Gasteiger partial charge >= 0.3 is 0 Å². The largest absolute Gasteiger partial charge is 0.490 e. The van der Waals surface area contributed by atoms with Crippen molar-refractivity contribution in [1.29, 1.82) is 0 Å². The summed E-state index contributed by atoms with van der Waals surface area (Å²) in [5.41, 5.74) is 2.10. The van der Waals surface area contributed by atoms with Crippen LogP contribution in [0.2, 0.25) is 0 Å². The lowest BCUT2D eigenvalue weighted by Crippen LogP contribution is -2.13. The van der Waals surface area contributed by atoms with Crippen molar-refractivity contribution in [2.45, 2.75) is 11.3 Å². The predicted molar refractivity (Wildman–Crippen MR) is 119 cm³/mol. The average molecular weight is 442 g/mol. The van der Waals surface area contributed by atoms with Crippen LogP contribution in [0.25, 0.3) is 0 Å². The molecule has 0 aliphatic carbocycles. The van der Waals surface area contributed by atoms with Gasteiger partial charge in [0.05, 0.1) is 30.0 Å². The van der Waals surface area contributed by atoms with Gasteiger partial charge in [-0.25, -0.2) is 8.42 Å². The molecule has 1 aromatic heterocycles. The van der Waals surface area contributed by atoms with Gasteiger partial charge in [0.15, 0.2) is 17.3 Å². The molecule has 9 nitrogen and oxygen atoms in total. The number of hydrogen-bond donors (Lipinski definition) is 2. The number of nitrogens with one attached hydrogen (secondary N) is 2. The molecule has 2 aromatic carbocycles. The van der Waals surface area contributed by atoms with Gasteiger partial charge in [0.2, 0.25) is 0 Å². The third-order valence-electron chi connectivity index (χ3n) is 4.60. The number of anilines is 4. The second-order valence-electron chi connectivity index (χ2n) is 7.16.